The molecule has 0 bridgehead atoms. The second-order valence-electron chi connectivity index (χ2n) is 15.1. The number of rotatable bonds is 21. The van der Waals surface area contributed by atoms with Crippen molar-refractivity contribution in [3.8, 4) is 5.75 Å². The quantitative estimate of drug-likeness (QED) is 0.0541. The summed E-state index contributed by atoms with van der Waals surface area (Å²) in [5, 5.41) is 28.0. The summed E-state index contributed by atoms with van der Waals surface area (Å²) in [6.45, 7) is 13.3. The molecule has 0 spiro atoms. The zero-order valence-corrected chi connectivity index (χ0v) is 32.8. The molecular formula is C38H62N8O8. The van der Waals surface area contributed by atoms with Crippen molar-refractivity contribution in [3.05, 3.63) is 29.8 Å². The van der Waals surface area contributed by atoms with Crippen LogP contribution in [-0.4, -0.2) is 111 Å². The van der Waals surface area contributed by atoms with Crippen molar-refractivity contribution in [3.63, 3.8) is 0 Å². The third kappa shape index (κ3) is 14.2. The van der Waals surface area contributed by atoms with Crippen LogP contribution in [0, 0.1) is 17.8 Å². The molecule has 1 saturated heterocycles. The van der Waals surface area contributed by atoms with Crippen molar-refractivity contribution >= 4 is 41.5 Å². The highest BCUT2D eigenvalue weighted by molar-refractivity contribution is 5.96. The van der Waals surface area contributed by atoms with E-state index >= 15 is 0 Å². The maximum Gasteiger partial charge on any atom is 0.326 e. The summed E-state index contributed by atoms with van der Waals surface area (Å²) < 4.78 is 0. The Hall–Kier alpha value is -4.89. The Morgan fingerprint density at radius 2 is 1.56 bits per heavy atom. The Balaban J connectivity index is 2.43. The van der Waals surface area contributed by atoms with E-state index in [0.29, 0.717) is 24.8 Å². The molecule has 0 radical (unpaired) electrons. The Labute approximate surface area is 318 Å². The lowest BCUT2D eigenvalue weighted by Crippen LogP contribution is -2.60. The van der Waals surface area contributed by atoms with Crippen LogP contribution in [0.3, 0.4) is 0 Å². The number of carboxylic acids is 1. The normalized spacial score (nSPS) is 16.8. The predicted octanol–water partition coefficient (Wildman–Crippen LogP) is 1.48. The summed E-state index contributed by atoms with van der Waals surface area (Å²) in [7, 11) is 0. The number of hydrogen-bond donors (Lipinski definition) is 7. The van der Waals surface area contributed by atoms with Crippen LogP contribution in [0.4, 0.5) is 0 Å². The summed E-state index contributed by atoms with van der Waals surface area (Å²) in [5.41, 5.74) is 11.7. The van der Waals surface area contributed by atoms with Gasteiger partial charge in [0.1, 0.15) is 36.0 Å². The molecule has 302 valence electrons. The van der Waals surface area contributed by atoms with Gasteiger partial charge in [-0.2, -0.15) is 0 Å². The van der Waals surface area contributed by atoms with Gasteiger partial charge in [0.2, 0.25) is 29.5 Å². The van der Waals surface area contributed by atoms with Gasteiger partial charge in [0.05, 0.1) is 0 Å². The number of carbonyl (C=O) groups is 6. The lowest BCUT2D eigenvalue weighted by atomic mass is 9.95. The number of nitrogens with zero attached hydrogens (tertiary/aromatic N) is 3. The van der Waals surface area contributed by atoms with Crippen molar-refractivity contribution < 1.29 is 39.0 Å². The SMILES string of the molecule is CC[C@H](C)[C@H](NC(=O)[C@H](Cc1ccc(O)cc1)N(CC(C)C)C(C)=O)C(=O)N[C@@H](CCCN=C(N)N)C(=O)N[C@@H](CC(C)C)C(=O)N1CCC[C@H]1C(=O)O. The van der Waals surface area contributed by atoms with Crippen molar-refractivity contribution in [2.24, 2.45) is 34.2 Å². The van der Waals surface area contributed by atoms with Gasteiger partial charge in [-0.15, -0.1) is 0 Å². The highest BCUT2D eigenvalue weighted by Gasteiger charge is 2.39. The summed E-state index contributed by atoms with van der Waals surface area (Å²) in [6.07, 6.45) is 2.03. The second kappa shape index (κ2) is 21.7. The highest BCUT2D eigenvalue weighted by Crippen LogP contribution is 2.21. The molecule has 6 atom stereocenters. The number of benzene rings is 1. The van der Waals surface area contributed by atoms with E-state index in [1.165, 1.54) is 28.9 Å². The molecule has 1 heterocycles. The van der Waals surface area contributed by atoms with Crippen molar-refractivity contribution in [1.82, 2.24) is 25.8 Å². The number of phenolic OH excluding ortho intramolecular Hbond substituents is 1. The third-order valence-corrected chi connectivity index (χ3v) is 9.52. The molecule has 54 heavy (non-hydrogen) atoms. The van der Waals surface area contributed by atoms with Gasteiger partial charge >= 0.3 is 5.97 Å². The van der Waals surface area contributed by atoms with Crippen molar-refractivity contribution in [2.75, 3.05) is 19.6 Å². The first-order valence-corrected chi connectivity index (χ1v) is 18.9. The average Bonchev–Trinajstić information content (AvgIpc) is 3.60. The first-order chi connectivity index (χ1) is 25.4. The van der Waals surface area contributed by atoms with Gasteiger partial charge in [0, 0.05) is 33.0 Å². The van der Waals surface area contributed by atoms with Crippen LogP contribution in [-0.2, 0) is 35.2 Å². The molecule has 0 saturated carbocycles. The molecule has 0 aromatic heterocycles. The molecule has 1 aliphatic rings. The van der Waals surface area contributed by atoms with Crippen molar-refractivity contribution in [2.45, 2.75) is 124 Å². The Morgan fingerprint density at radius 3 is 2.09 bits per heavy atom. The van der Waals surface area contributed by atoms with Crippen LogP contribution < -0.4 is 27.4 Å². The van der Waals surface area contributed by atoms with E-state index in [1.54, 1.807) is 19.1 Å². The summed E-state index contributed by atoms with van der Waals surface area (Å²) >= 11 is 0. The van der Waals surface area contributed by atoms with Crippen LogP contribution >= 0.6 is 0 Å². The number of amides is 5. The first-order valence-electron chi connectivity index (χ1n) is 18.9. The fourth-order valence-electron chi connectivity index (χ4n) is 6.51. The van der Waals surface area contributed by atoms with E-state index in [2.05, 4.69) is 20.9 Å². The monoisotopic (exact) mass is 758 g/mol. The number of nitrogens with two attached hydrogens (primary N) is 2. The van der Waals surface area contributed by atoms with Gasteiger partial charge in [0.15, 0.2) is 5.96 Å². The Kier molecular flexibility index (Phi) is 18.2. The summed E-state index contributed by atoms with van der Waals surface area (Å²) in [5.74, 6) is -4.29. The molecule has 16 heteroatoms. The molecular weight excluding hydrogens is 696 g/mol. The minimum atomic E-state index is -1.17. The van der Waals surface area contributed by atoms with E-state index < -0.39 is 65.7 Å². The van der Waals surface area contributed by atoms with Gasteiger partial charge in [-0.05, 0) is 67.6 Å². The van der Waals surface area contributed by atoms with Crippen molar-refractivity contribution in [1.29, 1.82) is 0 Å². The molecule has 0 aliphatic carbocycles. The number of aliphatic imine (C=N–C) groups is 1. The van der Waals surface area contributed by atoms with Crippen LogP contribution in [0.5, 0.6) is 5.75 Å². The highest BCUT2D eigenvalue weighted by atomic mass is 16.4. The molecule has 0 unspecified atom stereocenters. The standard InChI is InChI=1S/C38H62N8O8/c1-8-24(6)32(44-34(50)31(46(25(7)47)21-23(4)5)20-26-13-15-27(48)16-14-26)35(51)42-28(11-9-17-41-38(39)40)33(49)43-29(19-22(2)3)36(52)45-18-10-12-30(45)37(53)54/h13-16,22-24,28-32,48H,8-12,17-21H2,1-7H3,(H,42,51)(H,43,49)(H,44,50)(H,53,54)(H4,39,40,41)/t24-,28-,29-,30-,31-,32-/m0/s1. The summed E-state index contributed by atoms with van der Waals surface area (Å²) in [6, 6.07) is 1.01. The fraction of sp³-hybridized carbons (Fsp3) is 0.658. The zero-order valence-electron chi connectivity index (χ0n) is 32.8. The van der Waals surface area contributed by atoms with E-state index in [9.17, 15) is 39.0 Å². The first kappa shape index (κ1) is 45.3. The number of aromatic hydroxyl groups is 1. The number of likely N-dealkylation sites (tertiary alicyclic amines) is 1. The Bertz CT molecular complexity index is 1460. The third-order valence-electron chi connectivity index (χ3n) is 9.52. The minimum Gasteiger partial charge on any atom is -0.508 e. The number of carbonyl (C=O) groups excluding carboxylic acids is 5. The van der Waals surface area contributed by atoms with Gasteiger partial charge < -0.3 is 47.4 Å². The number of aliphatic carboxylic acids is 1. The molecule has 16 nitrogen and oxygen atoms in total. The van der Waals surface area contributed by atoms with E-state index in [4.69, 9.17) is 11.5 Å². The number of hydrogen-bond acceptors (Lipinski definition) is 8. The molecule has 1 aliphatic heterocycles. The lowest BCUT2D eigenvalue weighted by molar-refractivity contribution is -0.149. The van der Waals surface area contributed by atoms with Gasteiger partial charge in [-0.25, -0.2) is 4.79 Å². The van der Waals surface area contributed by atoms with Crippen LogP contribution in [0.1, 0.15) is 92.6 Å². The number of nitrogens with one attached hydrogen (secondary N) is 3. The zero-order chi connectivity index (χ0) is 40.7. The topological polar surface area (TPSA) is 250 Å². The maximum absolute atomic E-state index is 14.2. The van der Waals surface area contributed by atoms with Gasteiger partial charge in [-0.1, -0.05) is 60.1 Å². The van der Waals surface area contributed by atoms with Crippen LogP contribution in [0.2, 0.25) is 0 Å². The van der Waals surface area contributed by atoms with Crippen LogP contribution in [0.25, 0.3) is 0 Å². The van der Waals surface area contributed by atoms with E-state index in [1.807, 2.05) is 34.6 Å². The van der Waals surface area contributed by atoms with E-state index in [0.717, 1.165) is 0 Å². The molecule has 5 amide bonds. The van der Waals surface area contributed by atoms with Gasteiger partial charge in [0.25, 0.3) is 0 Å². The van der Waals surface area contributed by atoms with E-state index in [-0.39, 0.29) is 74.8 Å². The summed E-state index contributed by atoms with van der Waals surface area (Å²) in [4.78, 5) is 87.5. The average molecular weight is 759 g/mol. The molecule has 1 fully saturated rings. The molecule has 1 aromatic rings. The Morgan fingerprint density at radius 1 is 0.926 bits per heavy atom. The second-order valence-corrected chi connectivity index (χ2v) is 15.1. The number of phenols is 1. The lowest BCUT2D eigenvalue weighted by Gasteiger charge is -2.34. The maximum atomic E-state index is 14.2. The molecule has 2 rings (SSSR count). The molecule has 9 N–H and O–H groups in total. The largest absolute Gasteiger partial charge is 0.508 e. The fourth-order valence-corrected chi connectivity index (χ4v) is 6.51. The number of carboxylic acid groups (broad SMARTS) is 1. The smallest absolute Gasteiger partial charge is 0.326 e. The van der Waals surface area contributed by atoms with Gasteiger partial charge in [-0.3, -0.25) is 29.0 Å². The molecule has 1 aromatic carbocycles. The number of guanidine groups is 1. The minimum absolute atomic E-state index is 0.0304. The van der Waals surface area contributed by atoms with Crippen LogP contribution in [0.15, 0.2) is 29.3 Å². The predicted molar refractivity (Wildman–Crippen MR) is 205 cm³/mol.